The minimum absolute atomic E-state index is 0.235. The molecule has 1 aliphatic heterocycles. The molecule has 1 saturated heterocycles. The molecule has 1 aromatic rings. The van der Waals surface area contributed by atoms with Crippen molar-refractivity contribution in [3.05, 3.63) is 35.9 Å². The van der Waals surface area contributed by atoms with Gasteiger partial charge in [0.05, 0.1) is 18.6 Å². The number of benzene rings is 1. The Balaban J connectivity index is 2.03. The summed E-state index contributed by atoms with van der Waals surface area (Å²) in [4.78, 5) is 13.7. The van der Waals surface area contributed by atoms with Gasteiger partial charge < -0.3 is 9.84 Å². The first-order valence-electron chi connectivity index (χ1n) is 6.82. The van der Waals surface area contributed by atoms with Gasteiger partial charge in [0, 0.05) is 19.6 Å². The third kappa shape index (κ3) is 3.78. The van der Waals surface area contributed by atoms with Crippen molar-refractivity contribution in [1.82, 2.24) is 4.90 Å². The second kappa shape index (κ2) is 6.68. The van der Waals surface area contributed by atoms with E-state index in [9.17, 15) is 9.90 Å². The van der Waals surface area contributed by atoms with Gasteiger partial charge in [-0.1, -0.05) is 37.3 Å². The molecule has 0 saturated carbocycles. The first-order chi connectivity index (χ1) is 9.20. The molecule has 1 heterocycles. The third-order valence-electron chi connectivity index (χ3n) is 3.62. The van der Waals surface area contributed by atoms with Crippen molar-refractivity contribution in [3.8, 4) is 0 Å². The number of hydrogen-bond donors (Lipinski definition) is 1. The van der Waals surface area contributed by atoms with Gasteiger partial charge in [0.25, 0.3) is 0 Å². The fraction of sp³-hybridized carbons (Fsp3) is 0.533. The number of rotatable bonds is 5. The maximum atomic E-state index is 11.5. The number of carbonyl (C=O) groups is 1. The van der Waals surface area contributed by atoms with Crippen molar-refractivity contribution in [1.29, 1.82) is 0 Å². The number of ether oxygens (including phenoxy) is 1. The van der Waals surface area contributed by atoms with Crippen molar-refractivity contribution in [2.45, 2.75) is 25.4 Å². The number of carboxylic acids is 1. The molecular weight excluding hydrogens is 242 g/mol. The van der Waals surface area contributed by atoms with E-state index >= 15 is 0 Å². The van der Waals surface area contributed by atoms with Crippen molar-refractivity contribution >= 4 is 5.97 Å². The Morgan fingerprint density at radius 2 is 2.21 bits per heavy atom. The van der Waals surface area contributed by atoms with Gasteiger partial charge in [-0.05, 0) is 12.0 Å². The Bertz CT molecular complexity index is 407. The van der Waals surface area contributed by atoms with Gasteiger partial charge in [0.1, 0.15) is 0 Å². The normalized spacial score (nSPS) is 22.1. The van der Waals surface area contributed by atoms with Gasteiger partial charge in [-0.25, -0.2) is 0 Å². The smallest absolute Gasteiger partial charge is 0.312 e. The van der Waals surface area contributed by atoms with Crippen LogP contribution in [-0.4, -0.2) is 48.3 Å². The van der Waals surface area contributed by atoms with E-state index in [-0.39, 0.29) is 6.10 Å². The number of aliphatic carboxylic acids is 1. The highest BCUT2D eigenvalue weighted by Crippen LogP contribution is 2.19. The zero-order valence-electron chi connectivity index (χ0n) is 11.3. The van der Waals surface area contributed by atoms with Gasteiger partial charge in [-0.2, -0.15) is 0 Å². The largest absolute Gasteiger partial charge is 0.481 e. The van der Waals surface area contributed by atoms with Crippen LogP contribution in [0.1, 0.15) is 24.8 Å². The first-order valence-corrected chi connectivity index (χ1v) is 6.82. The molecule has 0 radical (unpaired) electrons. The fourth-order valence-corrected chi connectivity index (χ4v) is 2.46. The molecule has 104 valence electrons. The zero-order chi connectivity index (χ0) is 13.7. The molecule has 4 nitrogen and oxygen atoms in total. The summed E-state index contributed by atoms with van der Waals surface area (Å²) in [7, 11) is 0. The molecule has 0 aromatic heterocycles. The molecule has 1 aliphatic rings. The lowest BCUT2D eigenvalue weighted by atomic mass is 9.98. The van der Waals surface area contributed by atoms with E-state index in [1.165, 1.54) is 0 Å². The van der Waals surface area contributed by atoms with Crippen LogP contribution in [0.5, 0.6) is 0 Å². The summed E-state index contributed by atoms with van der Waals surface area (Å²) in [6.07, 6.45) is 1.21. The van der Waals surface area contributed by atoms with Crippen LogP contribution in [0.2, 0.25) is 0 Å². The van der Waals surface area contributed by atoms with Crippen LogP contribution in [0.3, 0.4) is 0 Å². The molecule has 4 heteroatoms. The third-order valence-corrected chi connectivity index (χ3v) is 3.62. The fourth-order valence-electron chi connectivity index (χ4n) is 2.46. The molecule has 2 atom stereocenters. The minimum Gasteiger partial charge on any atom is -0.481 e. The van der Waals surface area contributed by atoms with Gasteiger partial charge in [-0.15, -0.1) is 0 Å². The van der Waals surface area contributed by atoms with Crippen LogP contribution in [-0.2, 0) is 9.53 Å². The Morgan fingerprint density at radius 1 is 1.47 bits per heavy atom. The monoisotopic (exact) mass is 263 g/mol. The maximum absolute atomic E-state index is 11.5. The van der Waals surface area contributed by atoms with Gasteiger partial charge >= 0.3 is 5.97 Å². The molecule has 1 N–H and O–H groups in total. The second-order valence-electron chi connectivity index (χ2n) is 4.96. The summed E-state index contributed by atoms with van der Waals surface area (Å²) in [5, 5.41) is 9.42. The van der Waals surface area contributed by atoms with Crippen LogP contribution >= 0.6 is 0 Å². The molecule has 0 bridgehead atoms. The Hall–Kier alpha value is -1.39. The second-order valence-corrected chi connectivity index (χ2v) is 4.96. The average molecular weight is 263 g/mol. The number of carboxylic acid groups (broad SMARTS) is 1. The van der Waals surface area contributed by atoms with E-state index in [4.69, 9.17) is 4.74 Å². The molecule has 0 amide bonds. The lowest BCUT2D eigenvalue weighted by Crippen LogP contribution is -2.44. The molecule has 19 heavy (non-hydrogen) atoms. The molecule has 2 rings (SSSR count). The molecular formula is C15H21NO3. The summed E-state index contributed by atoms with van der Waals surface area (Å²) >= 11 is 0. The molecule has 0 aliphatic carbocycles. The summed E-state index contributed by atoms with van der Waals surface area (Å²) in [6.45, 7) is 4.99. The van der Waals surface area contributed by atoms with Crippen molar-refractivity contribution in [3.63, 3.8) is 0 Å². The molecule has 2 unspecified atom stereocenters. The summed E-state index contributed by atoms with van der Waals surface area (Å²) in [6, 6.07) is 9.45. The van der Waals surface area contributed by atoms with Crippen molar-refractivity contribution in [2.75, 3.05) is 26.2 Å². The highest BCUT2D eigenvalue weighted by Gasteiger charge is 2.26. The molecule has 1 aromatic carbocycles. The number of hydrogen-bond acceptors (Lipinski definition) is 3. The predicted molar refractivity (Wildman–Crippen MR) is 73.3 cm³/mol. The quantitative estimate of drug-likeness (QED) is 0.882. The van der Waals surface area contributed by atoms with Gasteiger partial charge in [0.15, 0.2) is 0 Å². The Kier molecular flexibility index (Phi) is 4.93. The van der Waals surface area contributed by atoms with E-state index < -0.39 is 11.9 Å². The van der Waals surface area contributed by atoms with Crippen LogP contribution in [0.4, 0.5) is 0 Å². The maximum Gasteiger partial charge on any atom is 0.312 e. The summed E-state index contributed by atoms with van der Waals surface area (Å²) in [5.74, 6) is -1.22. The van der Waals surface area contributed by atoms with E-state index in [0.29, 0.717) is 13.2 Å². The Labute approximate surface area is 114 Å². The van der Waals surface area contributed by atoms with E-state index in [1.54, 1.807) is 0 Å². The Morgan fingerprint density at radius 3 is 2.84 bits per heavy atom. The zero-order valence-corrected chi connectivity index (χ0v) is 11.3. The minimum atomic E-state index is -0.759. The van der Waals surface area contributed by atoms with Crippen molar-refractivity contribution in [2.24, 2.45) is 0 Å². The van der Waals surface area contributed by atoms with E-state index in [0.717, 1.165) is 25.1 Å². The van der Waals surface area contributed by atoms with Gasteiger partial charge in [-0.3, -0.25) is 9.69 Å². The van der Waals surface area contributed by atoms with E-state index in [2.05, 4.69) is 11.8 Å². The van der Waals surface area contributed by atoms with Crippen LogP contribution in [0.25, 0.3) is 0 Å². The number of morpholine rings is 1. The summed E-state index contributed by atoms with van der Waals surface area (Å²) < 4.78 is 5.62. The average Bonchev–Trinajstić information content (AvgIpc) is 2.45. The predicted octanol–water partition coefficient (Wildman–Crippen LogP) is 1.97. The first kappa shape index (κ1) is 14.0. The molecule has 1 fully saturated rings. The van der Waals surface area contributed by atoms with Crippen LogP contribution < -0.4 is 0 Å². The van der Waals surface area contributed by atoms with Gasteiger partial charge in [0.2, 0.25) is 0 Å². The highest BCUT2D eigenvalue weighted by molar-refractivity contribution is 5.76. The van der Waals surface area contributed by atoms with E-state index in [1.807, 2.05) is 30.3 Å². The topological polar surface area (TPSA) is 49.8 Å². The molecule has 0 spiro atoms. The lowest BCUT2D eigenvalue weighted by molar-refractivity contribution is -0.139. The van der Waals surface area contributed by atoms with Crippen LogP contribution in [0, 0.1) is 0 Å². The highest BCUT2D eigenvalue weighted by atomic mass is 16.5. The van der Waals surface area contributed by atoms with Crippen molar-refractivity contribution < 1.29 is 14.6 Å². The van der Waals surface area contributed by atoms with Crippen LogP contribution in [0.15, 0.2) is 30.3 Å². The lowest BCUT2D eigenvalue weighted by Gasteiger charge is -2.34. The summed E-state index contributed by atoms with van der Waals surface area (Å²) in [5.41, 5.74) is 0.870. The SMILES string of the molecule is CCC1CN(CC(C(=O)O)c2ccccc2)CCO1. The number of nitrogens with zero attached hydrogens (tertiary/aromatic N) is 1. The standard InChI is InChI=1S/C15H21NO3/c1-2-13-10-16(8-9-19-13)11-14(15(17)18)12-6-4-3-5-7-12/h3-7,13-14H,2,8-11H2,1H3,(H,17,18).